The molecule has 100 valence electrons. The van der Waals surface area contributed by atoms with E-state index < -0.39 is 0 Å². The van der Waals surface area contributed by atoms with Crippen LogP contribution in [-0.2, 0) is 0 Å². The maximum atomic E-state index is 9.30. The molecular formula is C14H20BrNO2. The minimum Gasteiger partial charge on any atom is -0.497 e. The monoisotopic (exact) mass is 313 g/mol. The van der Waals surface area contributed by atoms with E-state index in [-0.39, 0.29) is 18.1 Å². The van der Waals surface area contributed by atoms with Gasteiger partial charge in [0.1, 0.15) is 5.75 Å². The summed E-state index contributed by atoms with van der Waals surface area (Å²) in [5, 5.41) is 12.8. The van der Waals surface area contributed by atoms with Crippen LogP contribution in [0, 0.1) is 5.41 Å². The molecule has 0 heterocycles. The fourth-order valence-electron chi connectivity index (χ4n) is 2.03. The Bertz CT molecular complexity index is 418. The van der Waals surface area contributed by atoms with E-state index in [1.165, 1.54) is 5.56 Å². The van der Waals surface area contributed by atoms with Crippen LogP contribution in [0.5, 0.6) is 5.75 Å². The third kappa shape index (κ3) is 3.05. The average molecular weight is 314 g/mol. The zero-order valence-corrected chi connectivity index (χ0v) is 12.5. The Morgan fingerprint density at radius 3 is 2.72 bits per heavy atom. The van der Waals surface area contributed by atoms with Gasteiger partial charge in [0.05, 0.1) is 7.11 Å². The molecule has 1 aromatic rings. The quantitative estimate of drug-likeness (QED) is 0.848. The smallest absolute Gasteiger partial charge is 0.120 e. The molecule has 0 amide bonds. The van der Waals surface area contributed by atoms with Crippen molar-refractivity contribution >= 4 is 15.9 Å². The summed E-state index contributed by atoms with van der Waals surface area (Å²) in [5.41, 5.74) is 1.36. The zero-order valence-electron chi connectivity index (χ0n) is 10.9. The highest BCUT2D eigenvalue weighted by Gasteiger charge is 2.41. The number of hydrogen-bond acceptors (Lipinski definition) is 3. The number of methoxy groups -OCH3 is 1. The van der Waals surface area contributed by atoms with Crippen LogP contribution in [0.3, 0.4) is 0 Å². The van der Waals surface area contributed by atoms with Crippen molar-refractivity contribution in [3.05, 3.63) is 28.2 Å². The van der Waals surface area contributed by atoms with Gasteiger partial charge in [0.15, 0.2) is 0 Å². The Kier molecular flexibility index (Phi) is 4.30. The first-order valence-corrected chi connectivity index (χ1v) is 7.07. The lowest BCUT2D eigenvalue weighted by Gasteiger charge is -2.20. The van der Waals surface area contributed by atoms with E-state index in [2.05, 4.69) is 34.2 Å². The van der Waals surface area contributed by atoms with Crippen LogP contribution in [0.15, 0.2) is 22.7 Å². The summed E-state index contributed by atoms with van der Waals surface area (Å²) < 4.78 is 6.24. The third-order valence-corrected chi connectivity index (χ3v) is 4.44. The van der Waals surface area contributed by atoms with Crippen molar-refractivity contribution in [3.63, 3.8) is 0 Å². The number of hydrogen-bond donors (Lipinski definition) is 2. The number of nitrogens with one attached hydrogen (secondary N) is 1. The molecular weight excluding hydrogens is 294 g/mol. The van der Waals surface area contributed by atoms with E-state index in [9.17, 15) is 5.11 Å². The lowest BCUT2D eigenvalue weighted by Crippen LogP contribution is -2.29. The SMILES string of the molecule is COc1ccc(C(C)NCC2(CO)CC2)c(Br)c1. The maximum absolute atomic E-state index is 9.30. The number of halogens is 1. The van der Waals surface area contributed by atoms with E-state index >= 15 is 0 Å². The summed E-state index contributed by atoms with van der Waals surface area (Å²) in [6.07, 6.45) is 2.26. The fourth-order valence-corrected chi connectivity index (χ4v) is 2.73. The fraction of sp³-hybridized carbons (Fsp3) is 0.571. The Morgan fingerprint density at radius 1 is 1.50 bits per heavy atom. The molecule has 3 nitrogen and oxygen atoms in total. The molecule has 0 spiro atoms. The Morgan fingerprint density at radius 2 is 2.22 bits per heavy atom. The van der Waals surface area contributed by atoms with E-state index in [4.69, 9.17) is 4.74 Å². The highest BCUT2D eigenvalue weighted by atomic mass is 79.9. The number of aliphatic hydroxyl groups excluding tert-OH is 1. The van der Waals surface area contributed by atoms with Crippen LogP contribution >= 0.6 is 15.9 Å². The third-order valence-electron chi connectivity index (χ3n) is 3.75. The zero-order chi connectivity index (χ0) is 13.2. The number of rotatable bonds is 6. The van der Waals surface area contributed by atoms with Gasteiger partial charge < -0.3 is 15.2 Å². The Hall–Kier alpha value is -0.580. The molecule has 0 aromatic heterocycles. The Labute approximate surface area is 117 Å². The number of benzene rings is 1. The second-order valence-electron chi connectivity index (χ2n) is 5.15. The van der Waals surface area contributed by atoms with Gasteiger partial charge in [0.25, 0.3) is 0 Å². The van der Waals surface area contributed by atoms with Crippen LogP contribution in [0.25, 0.3) is 0 Å². The predicted octanol–water partition coefficient (Wildman–Crippen LogP) is 2.88. The highest BCUT2D eigenvalue weighted by molar-refractivity contribution is 9.10. The van der Waals surface area contributed by atoms with Crippen molar-refractivity contribution in [2.24, 2.45) is 5.41 Å². The first-order valence-electron chi connectivity index (χ1n) is 6.28. The van der Waals surface area contributed by atoms with Gasteiger partial charge in [-0.25, -0.2) is 0 Å². The van der Waals surface area contributed by atoms with Gasteiger partial charge in [-0.1, -0.05) is 22.0 Å². The largest absolute Gasteiger partial charge is 0.497 e. The van der Waals surface area contributed by atoms with Crippen molar-refractivity contribution in [2.75, 3.05) is 20.3 Å². The van der Waals surface area contributed by atoms with Crippen molar-refractivity contribution < 1.29 is 9.84 Å². The second-order valence-corrected chi connectivity index (χ2v) is 6.00. The van der Waals surface area contributed by atoms with Gasteiger partial charge in [-0.3, -0.25) is 0 Å². The Balaban J connectivity index is 1.98. The molecule has 1 saturated carbocycles. The molecule has 1 aliphatic rings. The summed E-state index contributed by atoms with van der Waals surface area (Å²) in [5.74, 6) is 0.854. The van der Waals surface area contributed by atoms with Gasteiger partial charge in [0, 0.05) is 29.1 Å². The second kappa shape index (κ2) is 5.59. The van der Waals surface area contributed by atoms with E-state index in [0.717, 1.165) is 29.6 Å². The highest BCUT2D eigenvalue weighted by Crippen LogP contribution is 2.44. The molecule has 1 fully saturated rings. The number of aliphatic hydroxyl groups is 1. The molecule has 0 aliphatic heterocycles. The lowest BCUT2D eigenvalue weighted by atomic mass is 10.1. The minimum absolute atomic E-state index is 0.146. The first kappa shape index (κ1) is 13.8. The van der Waals surface area contributed by atoms with Gasteiger partial charge >= 0.3 is 0 Å². The van der Waals surface area contributed by atoms with Gasteiger partial charge in [0.2, 0.25) is 0 Å². The van der Waals surface area contributed by atoms with Crippen molar-refractivity contribution in [2.45, 2.75) is 25.8 Å². The van der Waals surface area contributed by atoms with E-state index in [1.807, 2.05) is 12.1 Å². The maximum Gasteiger partial charge on any atom is 0.120 e. The topological polar surface area (TPSA) is 41.5 Å². The summed E-state index contributed by atoms with van der Waals surface area (Å²) in [6, 6.07) is 6.28. The van der Waals surface area contributed by atoms with E-state index in [0.29, 0.717) is 0 Å². The van der Waals surface area contributed by atoms with Crippen LogP contribution in [0.4, 0.5) is 0 Å². The summed E-state index contributed by atoms with van der Waals surface area (Å²) in [4.78, 5) is 0. The molecule has 0 bridgehead atoms. The minimum atomic E-state index is 0.146. The van der Waals surface area contributed by atoms with Crippen molar-refractivity contribution in [3.8, 4) is 5.75 Å². The number of ether oxygens (including phenoxy) is 1. The molecule has 1 aliphatic carbocycles. The molecule has 1 atom stereocenters. The van der Waals surface area contributed by atoms with Crippen molar-refractivity contribution in [1.29, 1.82) is 0 Å². The molecule has 2 rings (SSSR count). The standard InChI is InChI=1S/C14H20BrNO2/c1-10(16-8-14(9-17)5-6-14)12-4-3-11(18-2)7-13(12)15/h3-4,7,10,16-17H,5-6,8-9H2,1-2H3. The van der Waals surface area contributed by atoms with Gasteiger partial charge in [-0.15, -0.1) is 0 Å². The van der Waals surface area contributed by atoms with E-state index in [1.54, 1.807) is 7.11 Å². The first-order chi connectivity index (χ1) is 8.60. The molecule has 1 aromatic carbocycles. The van der Waals surface area contributed by atoms with Gasteiger partial charge in [-0.2, -0.15) is 0 Å². The molecule has 0 radical (unpaired) electrons. The predicted molar refractivity (Wildman–Crippen MR) is 75.9 cm³/mol. The van der Waals surface area contributed by atoms with Crippen LogP contribution in [0.1, 0.15) is 31.4 Å². The van der Waals surface area contributed by atoms with Crippen molar-refractivity contribution in [1.82, 2.24) is 5.32 Å². The van der Waals surface area contributed by atoms with Crippen LogP contribution < -0.4 is 10.1 Å². The molecule has 0 saturated heterocycles. The molecule has 4 heteroatoms. The summed E-state index contributed by atoms with van der Waals surface area (Å²) in [6.45, 7) is 3.31. The average Bonchev–Trinajstić information content (AvgIpc) is 3.16. The summed E-state index contributed by atoms with van der Waals surface area (Å²) >= 11 is 3.57. The van der Waals surface area contributed by atoms with Gasteiger partial charge in [-0.05, 0) is 37.5 Å². The van der Waals surface area contributed by atoms with Crippen LogP contribution in [-0.4, -0.2) is 25.4 Å². The summed E-state index contributed by atoms with van der Waals surface area (Å²) in [7, 11) is 1.67. The molecule has 2 N–H and O–H groups in total. The molecule has 18 heavy (non-hydrogen) atoms. The molecule has 1 unspecified atom stereocenters. The van der Waals surface area contributed by atoms with Crippen LogP contribution in [0.2, 0.25) is 0 Å². The lowest BCUT2D eigenvalue weighted by molar-refractivity contribution is 0.204. The normalized spacial score (nSPS) is 18.4.